The molecule has 15 heavy (non-hydrogen) atoms. The van der Waals surface area contributed by atoms with Crippen LogP contribution >= 0.6 is 0 Å². The minimum absolute atomic E-state index is 0.164. The summed E-state index contributed by atoms with van der Waals surface area (Å²) in [4.78, 5) is 0. The second-order valence-corrected chi connectivity index (χ2v) is 5.49. The maximum atomic E-state index is 10.1. The van der Waals surface area contributed by atoms with Crippen LogP contribution in [0.1, 0.15) is 27.7 Å². The van der Waals surface area contributed by atoms with Crippen molar-refractivity contribution in [3.63, 3.8) is 0 Å². The smallest absolute Gasteiger partial charge is 0.160 e. The van der Waals surface area contributed by atoms with Crippen molar-refractivity contribution in [2.75, 3.05) is 6.61 Å². The fourth-order valence-corrected chi connectivity index (χ4v) is 2.25. The normalized spacial score (nSPS) is 43.0. The predicted molar refractivity (Wildman–Crippen MR) is 56.1 cm³/mol. The third-order valence-electron chi connectivity index (χ3n) is 3.29. The molecule has 1 heterocycles. The maximum Gasteiger partial charge on any atom is 0.160 e. The van der Waals surface area contributed by atoms with Crippen molar-refractivity contribution >= 4 is 0 Å². The van der Waals surface area contributed by atoms with Crippen LogP contribution in [0.3, 0.4) is 0 Å². The lowest BCUT2D eigenvalue weighted by Gasteiger charge is -2.46. The van der Waals surface area contributed by atoms with Crippen LogP contribution in [0.5, 0.6) is 0 Å². The molecular formula is C11H22O4. The van der Waals surface area contributed by atoms with Gasteiger partial charge in [-0.05, 0) is 5.41 Å². The average molecular weight is 218 g/mol. The van der Waals surface area contributed by atoms with Crippen molar-refractivity contribution in [1.82, 2.24) is 0 Å². The molecular weight excluding hydrogens is 196 g/mol. The van der Waals surface area contributed by atoms with Crippen LogP contribution in [0.2, 0.25) is 0 Å². The SMILES string of the molecule is C[C@@H]1[C@@H](O)[C@@H](C(C)(C)C)[C@H](O)O[C@H]1CO. The molecule has 0 aliphatic carbocycles. The lowest BCUT2D eigenvalue weighted by Crippen LogP contribution is -2.55. The molecule has 0 unspecified atom stereocenters. The number of hydrogen-bond donors (Lipinski definition) is 3. The van der Waals surface area contributed by atoms with Gasteiger partial charge in [-0.2, -0.15) is 0 Å². The van der Waals surface area contributed by atoms with E-state index in [1.807, 2.05) is 27.7 Å². The highest BCUT2D eigenvalue weighted by Gasteiger charge is 2.46. The lowest BCUT2D eigenvalue weighted by molar-refractivity contribution is -0.270. The summed E-state index contributed by atoms with van der Waals surface area (Å²) in [6.07, 6.45) is -2.13. The van der Waals surface area contributed by atoms with Crippen molar-refractivity contribution in [1.29, 1.82) is 0 Å². The van der Waals surface area contributed by atoms with Crippen molar-refractivity contribution < 1.29 is 20.1 Å². The van der Waals surface area contributed by atoms with Gasteiger partial charge in [-0.25, -0.2) is 0 Å². The van der Waals surface area contributed by atoms with Gasteiger partial charge in [0.2, 0.25) is 0 Å². The molecule has 0 saturated carbocycles. The largest absolute Gasteiger partial charge is 0.394 e. The predicted octanol–water partition coefficient (Wildman–Crippen LogP) is 0.355. The van der Waals surface area contributed by atoms with Crippen LogP contribution in [0.15, 0.2) is 0 Å². The topological polar surface area (TPSA) is 69.9 Å². The van der Waals surface area contributed by atoms with E-state index in [2.05, 4.69) is 0 Å². The van der Waals surface area contributed by atoms with E-state index in [1.165, 1.54) is 0 Å². The molecule has 0 bridgehead atoms. The highest BCUT2D eigenvalue weighted by atomic mass is 16.6. The first-order valence-electron chi connectivity index (χ1n) is 5.41. The molecule has 0 aromatic heterocycles. The van der Waals surface area contributed by atoms with Crippen LogP contribution in [-0.4, -0.2) is 40.4 Å². The van der Waals surface area contributed by atoms with E-state index in [4.69, 9.17) is 9.84 Å². The Hall–Kier alpha value is -0.160. The Kier molecular flexibility index (Phi) is 3.76. The summed E-state index contributed by atoms with van der Waals surface area (Å²) in [5.74, 6) is -0.488. The van der Waals surface area contributed by atoms with E-state index in [0.29, 0.717) is 0 Å². The van der Waals surface area contributed by atoms with E-state index in [9.17, 15) is 10.2 Å². The maximum absolute atomic E-state index is 10.1. The van der Waals surface area contributed by atoms with Gasteiger partial charge in [-0.1, -0.05) is 27.7 Å². The van der Waals surface area contributed by atoms with Crippen LogP contribution in [0, 0.1) is 17.3 Å². The summed E-state index contributed by atoms with van der Waals surface area (Å²) in [7, 11) is 0. The fraction of sp³-hybridized carbons (Fsp3) is 1.00. The molecule has 90 valence electrons. The first-order valence-corrected chi connectivity index (χ1v) is 5.41. The monoisotopic (exact) mass is 218 g/mol. The van der Waals surface area contributed by atoms with E-state index >= 15 is 0 Å². The fourth-order valence-electron chi connectivity index (χ4n) is 2.25. The van der Waals surface area contributed by atoms with Crippen molar-refractivity contribution in [2.24, 2.45) is 17.3 Å². The zero-order valence-electron chi connectivity index (χ0n) is 9.84. The molecule has 0 radical (unpaired) electrons. The Morgan fingerprint density at radius 2 is 1.73 bits per heavy atom. The number of aliphatic hydroxyl groups is 3. The molecule has 1 aliphatic heterocycles. The first kappa shape index (κ1) is 12.9. The molecule has 1 aliphatic rings. The second kappa shape index (κ2) is 4.37. The Morgan fingerprint density at radius 3 is 2.13 bits per heavy atom. The van der Waals surface area contributed by atoms with Gasteiger partial charge < -0.3 is 20.1 Å². The number of hydrogen-bond acceptors (Lipinski definition) is 4. The van der Waals surface area contributed by atoms with E-state index in [1.54, 1.807) is 0 Å². The second-order valence-electron chi connectivity index (χ2n) is 5.49. The van der Waals surface area contributed by atoms with Crippen molar-refractivity contribution in [3.8, 4) is 0 Å². The Bertz CT molecular complexity index is 211. The van der Waals surface area contributed by atoms with E-state index in [0.717, 1.165) is 0 Å². The molecule has 0 spiro atoms. The number of rotatable bonds is 1. The molecule has 1 saturated heterocycles. The molecule has 1 fully saturated rings. The van der Waals surface area contributed by atoms with Crippen molar-refractivity contribution in [2.45, 2.75) is 46.2 Å². The summed E-state index contributed by atoms with van der Waals surface area (Å²) >= 11 is 0. The van der Waals surface area contributed by atoms with Gasteiger partial charge in [-0.3, -0.25) is 0 Å². The minimum Gasteiger partial charge on any atom is -0.394 e. The molecule has 3 N–H and O–H groups in total. The van der Waals surface area contributed by atoms with Gasteiger partial charge in [0.1, 0.15) is 0 Å². The molecule has 0 aromatic rings. The van der Waals surface area contributed by atoms with Gasteiger partial charge in [0.05, 0.1) is 18.8 Å². The zero-order chi connectivity index (χ0) is 11.8. The van der Waals surface area contributed by atoms with Gasteiger partial charge in [0.25, 0.3) is 0 Å². The summed E-state index contributed by atoms with van der Waals surface area (Å²) in [6, 6.07) is 0. The van der Waals surface area contributed by atoms with Crippen LogP contribution in [0.25, 0.3) is 0 Å². The zero-order valence-corrected chi connectivity index (χ0v) is 9.84. The highest BCUT2D eigenvalue weighted by Crippen LogP contribution is 2.39. The van der Waals surface area contributed by atoms with E-state index < -0.39 is 18.5 Å². The number of aliphatic hydroxyl groups excluding tert-OH is 3. The lowest BCUT2D eigenvalue weighted by atomic mass is 9.71. The number of ether oxygens (including phenoxy) is 1. The average Bonchev–Trinajstić information content (AvgIpc) is 2.09. The molecule has 5 atom stereocenters. The molecule has 0 aromatic carbocycles. The molecule has 0 amide bonds. The third-order valence-corrected chi connectivity index (χ3v) is 3.29. The highest BCUT2D eigenvalue weighted by molar-refractivity contribution is 4.91. The van der Waals surface area contributed by atoms with Gasteiger partial charge >= 0.3 is 0 Å². The van der Waals surface area contributed by atoms with E-state index in [-0.39, 0.29) is 23.9 Å². The summed E-state index contributed by atoms with van der Waals surface area (Å²) in [6.45, 7) is 7.53. The third kappa shape index (κ3) is 2.50. The molecule has 1 rings (SSSR count). The minimum atomic E-state index is -1.01. The summed E-state index contributed by atoms with van der Waals surface area (Å²) < 4.78 is 5.30. The molecule has 4 nitrogen and oxygen atoms in total. The summed E-state index contributed by atoms with van der Waals surface area (Å²) in [5.41, 5.74) is -0.229. The van der Waals surface area contributed by atoms with Gasteiger partial charge in [0.15, 0.2) is 6.29 Å². The molecule has 4 heteroatoms. The van der Waals surface area contributed by atoms with Crippen LogP contribution in [0.4, 0.5) is 0 Å². The Balaban J connectivity index is 2.84. The van der Waals surface area contributed by atoms with Gasteiger partial charge in [-0.15, -0.1) is 0 Å². The van der Waals surface area contributed by atoms with Crippen LogP contribution in [-0.2, 0) is 4.74 Å². The Morgan fingerprint density at radius 1 is 1.20 bits per heavy atom. The van der Waals surface area contributed by atoms with Gasteiger partial charge in [0, 0.05) is 11.8 Å². The quantitative estimate of drug-likeness (QED) is 0.594. The standard InChI is InChI=1S/C11H22O4/c1-6-7(5-12)15-10(14)8(9(6)13)11(2,3)4/h6-10,12-14H,5H2,1-4H3/t6-,7-,8+,9+,10+/m0/s1. The van der Waals surface area contributed by atoms with Crippen molar-refractivity contribution in [3.05, 3.63) is 0 Å². The first-order chi connectivity index (χ1) is 6.79. The Labute approximate surface area is 90.9 Å². The summed E-state index contributed by atoms with van der Waals surface area (Å²) in [5, 5.41) is 28.9. The van der Waals surface area contributed by atoms with Crippen LogP contribution < -0.4 is 0 Å².